The third-order valence-corrected chi connectivity index (χ3v) is 3.35. The molecule has 1 aromatic heterocycles. The van der Waals surface area contributed by atoms with Gasteiger partial charge in [-0.15, -0.1) is 0 Å². The fourth-order valence-corrected chi connectivity index (χ4v) is 1.97. The number of carboxylic acids is 1. The summed E-state index contributed by atoms with van der Waals surface area (Å²) in [4.78, 5) is 31.3. The van der Waals surface area contributed by atoms with Gasteiger partial charge < -0.3 is 10.4 Å². The Morgan fingerprint density at radius 2 is 2.05 bits per heavy atom. The lowest BCUT2D eigenvalue weighted by Crippen LogP contribution is -2.49. The predicted molar refractivity (Wildman–Crippen MR) is 77.2 cm³/mol. The van der Waals surface area contributed by atoms with Gasteiger partial charge in [-0.3, -0.25) is 4.79 Å². The van der Waals surface area contributed by atoms with Gasteiger partial charge in [-0.2, -0.15) is 0 Å². The molecule has 1 amide bonds. The van der Waals surface area contributed by atoms with Crippen molar-refractivity contribution in [3.63, 3.8) is 0 Å². The Kier molecular flexibility index (Phi) is 5.35. The maximum Gasteiger partial charge on any atom is 0.326 e. The van der Waals surface area contributed by atoms with E-state index in [1.54, 1.807) is 27.0 Å². The van der Waals surface area contributed by atoms with Crippen molar-refractivity contribution in [1.82, 2.24) is 15.3 Å². The third kappa shape index (κ3) is 4.08. The van der Waals surface area contributed by atoms with E-state index in [9.17, 15) is 14.7 Å². The normalized spacial score (nSPS) is 12.8. The highest BCUT2D eigenvalue weighted by molar-refractivity contribution is 7.98. The van der Waals surface area contributed by atoms with E-state index in [2.05, 4.69) is 15.3 Å². The number of thioether (sulfide) groups is 1. The first kappa shape index (κ1) is 16.7. The van der Waals surface area contributed by atoms with E-state index < -0.39 is 23.3 Å². The minimum absolute atomic E-state index is 0.0264. The maximum absolute atomic E-state index is 12.1. The van der Waals surface area contributed by atoms with Crippen molar-refractivity contribution in [1.29, 1.82) is 0 Å². The second-order valence-electron chi connectivity index (χ2n) is 5.16. The van der Waals surface area contributed by atoms with E-state index in [0.717, 1.165) is 0 Å². The zero-order valence-electron chi connectivity index (χ0n) is 11.6. The van der Waals surface area contributed by atoms with Gasteiger partial charge in [0.1, 0.15) is 6.04 Å². The molecule has 2 N–H and O–H groups in total. The molecule has 0 saturated carbocycles. The van der Waals surface area contributed by atoms with Gasteiger partial charge in [0, 0.05) is 0 Å². The monoisotopic (exact) mass is 317 g/mol. The minimum Gasteiger partial charge on any atom is -0.480 e. The molecule has 110 valence electrons. The third-order valence-electron chi connectivity index (χ3n) is 2.51. The summed E-state index contributed by atoms with van der Waals surface area (Å²) in [7, 11) is 0. The molecule has 1 rings (SSSR count). The smallest absolute Gasteiger partial charge is 0.326 e. The Hall–Kier alpha value is -1.34. The van der Waals surface area contributed by atoms with Crippen LogP contribution in [0.15, 0.2) is 11.4 Å². The van der Waals surface area contributed by atoms with Gasteiger partial charge in [0.15, 0.2) is 10.9 Å². The van der Waals surface area contributed by atoms with Crippen LogP contribution in [0, 0.1) is 5.41 Å². The molecule has 0 fully saturated rings. The fourth-order valence-electron chi connectivity index (χ4n) is 1.46. The molecule has 20 heavy (non-hydrogen) atoms. The second-order valence-corrected chi connectivity index (χ2v) is 6.34. The van der Waals surface area contributed by atoms with Crippen molar-refractivity contribution in [2.75, 3.05) is 6.26 Å². The van der Waals surface area contributed by atoms with Crippen LogP contribution in [0.1, 0.15) is 31.3 Å². The average molecular weight is 318 g/mol. The van der Waals surface area contributed by atoms with Crippen molar-refractivity contribution >= 4 is 35.2 Å². The van der Waals surface area contributed by atoms with Gasteiger partial charge in [0.25, 0.3) is 5.91 Å². The van der Waals surface area contributed by atoms with E-state index in [1.807, 2.05) is 0 Å². The van der Waals surface area contributed by atoms with Crippen LogP contribution >= 0.6 is 23.4 Å². The SMILES string of the molecule is CSc1ncc(Cl)c(C(=O)N[C@@H](C(=O)O)C(C)(C)C)n1. The quantitative estimate of drug-likeness (QED) is 0.652. The highest BCUT2D eigenvalue weighted by Crippen LogP contribution is 2.21. The molecule has 0 radical (unpaired) electrons. The first-order valence-corrected chi connectivity index (χ1v) is 7.37. The fraction of sp³-hybridized carbons (Fsp3) is 0.500. The van der Waals surface area contributed by atoms with Crippen molar-refractivity contribution in [3.8, 4) is 0 Å². The highest BCUT2D eigenvalue weighted by Gasteiger charge is 2.33. The van der Waals surface area contributed by atoms with Crippen LogP contribution < -0.4 is 5.32 Å². The summed E-state index contributed by atoms with van der Waals surface area (Å²) in [6.45, 7) is 5.17. The molecule has 0 bridgehead atoms. The molecule has 0 aliphatic rings. The number of halogens is 1. The molecule has 0 spiro atoms. The van der Waals surface area contributed by atoms with Crippen LogP contribution in [0.5, 0.6) is 0 Å². The molecular formula is C12H16ClN3O3S. The van der Waals surface area contributed by atoms with Gasteiger partial charge in [0.05, 0.1) is 11.2 Å². The Labute approximate surface area is 126 Å². The standard InChI is InChI=1S/C12H16ClN3O3S/c1-12(2,3)8(10(18)19)16-9(17)7-6(13)5-14-11(15-7)20-4/h5,8H,1-4H3,(H,16,17)(H,18,19)/t8-/m0/s1. The molecule has 1 aromatic rings. The number of rotatable bonds is 4. The van der Waals surface area contributed by atoms with E-state index in [1.165, 1.54) is 18.0 Å². The zero-order valence-corrected chi connectivity index (χ0v) is 13.2. The number of carbonyl (C=O) groups excluding carboxylic acids is 1. The Morgan fingerprint density at radius 3 is 2.50 bits per heavy atom. The highest BCUT2D eigenvalue weighted by atomic mass is 35.5. The Bertz CT molecular complexity index is 531. The number of nitrogens with zero attached hydrogens (tertiary/aromatic N) is 2. The molecule has 0 saturated heterocycles. The summed E-state index contributed by atoms with van der Waals surface area (Å²) in [6, 6.07) is -1.04. The van der Waals surface area contributed by atoms with Gasteiger partial charge in [-0.1, -0.05) is 44.1 Å². The Morgan fingerprint density at radius 1 is 1.45 bits per heavy atom. The first-order chi connectivity index (χ1) is 9.16. The summed E-state index contributed by atoms with van der Waals surface area (Å²) in [5.74, 6) is -1.74. The first-order valence-electron chi connectivity index (χ1n) is 5.77. The summed E-state index contributed by atoms with van der Waals surface area (Å²) in [5, 5.41) is 12.1. The molecule has 1 atom stereocenters. The summed E-state index contributed by atoms with van der Waals surface area (Å²) in [5.41, 5.74) is -0.662. The number of nitrogens with one attached hydrogen (secondary N) is 1. The van der Waals surface area contributed by atoms with Crippen LogP contribution in [0.2, 0.25) is 5.02 Å². The minimum atomic E-state index is -1.11. The predicted octanol–water partition coefficient (Wildman–Crippen LogP) is 2.08. The van der Waals surface area contributed by atoms with Crippen LogP contribution in [0.25, 0.3) is 0 Å². The van der Waals surface area contributed by atoms with Crippen LogP contribution in [-0.2, 0) is 4.79 Å². The van der Waals surface area contributed by atoms with Crippen LogP contribution in [0.4, 0.5) is 0 Å². The second kappa shape index (κ2) is 6.41. The maximum atomic E-state index is 12.1. The van der Waals surface area contributed by atoms with Gasteiger partial charge in [-0.25, -0.2) is 14.8 Å². The molecule has 0 aliphatic heterocycles. The lowest BCUT2D eigenvalue weighted by Gasteiger charge is -2.27. The zero-order chi connectivity index (χ0) is 15.5. The number of aliphatic carboxylic acids is 1. The van der Waals surface area contributed by atoms with Gasteiger partial charge in [0.2, 0.25) is 0 Å². The van der Waals surface area contributed by atoms with Crippen LogP contribution in [-0.4, -0.2) is 39.2 Å². The van der Waals surface area contributed by atoms with Gasteiger partial charge >= 0.3 is 5.97 Å². The topological polar surface area (TPSA) is 92.2 Å². The van der Waals surface area contributed by atoms with Crippen molar-refractivity contribution in [2.45, 2.75) is 32.0 Å². The van der Waals surface area contributed by atoms with Crippen molar-refractivity contribution in [3.05, 3.63) is 16.9 Å². The van der Waals surface area contributed by atoms with E-state index in [4.69, 9.17) is 11.6 Å². The molecule has 0 aliphatic carbocycles. The Balaban J connectivity index is 3.03. The average Bonchev–Trinajstić information content (AvgIpc) is 2.34. The summed E-state index contributed by atoms with van der Waals surface area (Å²) in [6.07, 6.45) is 3.09. The number of aromatic nitrogens is 2. The lowest BCUT2D eigenvalue weighted by atomic mass is 9.86. The molecule has 0 unspecified atom stereocenters. The van der Waals surface area contributed by atoms with E-state index in [-0.39, 0.29) is 10.7 Å². The molecule has 1 heterocycles. The molecule has 8 heteroatoms. The lowest BCUT2D eigenvalue weighted by molar-refractivity contribution is -0.142. The van der Waals surface area contributed by atoms with Crippen molar-refractivity contribution in [2.24, 2.45) is 5.41 Å². The van der Waals surface area contributed by atoms with Gasteiger partial charge in [-0.05, 0) is 11.7 Å². The number of hydrogen-bond acceptors (Lipinski definition) is 5. The number of amides is 1. The molecule has 0 aromatic carbocycles. The molecule has 6 nitrogen and oxygen atoms in total. The number of carbonyl (C=O) groups is 2. The number of carboxylic acid groups (broad SMARTS) is 1. The van der Waals surface area contributed by atoms with E-state index in [0.29, 0.717) is 5.16 Å². The largest absolute Gasteiger partial charge is 0.480 e. The molecular weight excluding hydrogens is 302 g/mol. The summed E-state index contributed by atoms with van der Waals surface area (Å²) >= 11 is 7.15. The van der Waals surface area contributed by atoms with E-state index >= 15 is 0 Å². The summed E-state index contributed by atoms with van der Waals surface area (Å²) < 4.78 is 0. The van der Waals surface area contributed by atoms with Crippen LogP contribution in [0.3, 0.4) is 0 Å². The number of hydrogen-bond donors (Lipinski definition) is 2. The van der Waals surface area contributed by atoms with Crippen molar-refractivity contribution < 1.29 is 14.7 Å².